The zero-order valence-corrected chi connectivity index (χ0v) is 14.4. The Bertz CT molecular complexity index is 589. The summed E-state index contributed by atoms with van der Waals surface area (Å²) in [5.41, 5.74) is 1.32. The maximum Gasteiger partial charge on any atom is 0.138 e. The van der Waals surface area contributed by atoms with Crippen molar-refractivity contribution in [2.75, 3.05) is 13.6 Å². The lowest BCUT2D eigenvalue weighted by atomic mass is 10.2. The van der Waals surface area contributed by atoms with Crippen LogP contribution in [0.4, 0.5) is 0 Å². The SMILES string of the molecule is CC(CCN(C)Cc1ccccc1)Oc1ccc(Cl)cc1Cl. The predicted octanol–water partition coefficient (Wildman–Crippen LogP) is 5.28. The van der Waals surface area contributed by atoms with Gasteiger partial charge in [0.1, 0.15) is 5.75 Å². The molecular formula is C18H21Cl2NO. The van der Waals surface area contributed by atoms with Crippen LogP contribution in [0, 0.1) is 0 Å². The van der Waals surface area contributed by atoms with Crippen LogP contribution in [0.5, 0.6) is 5.75 Å². The van der Waals surface area contributed by atoms with E-state index in [0.717, 1.165) is 19.5 Å². The normalized spacial score (nSPS) is 12.4. The van der Waals surface area contributed by atoms with Crippen LogP contribution in [0.2, 0.25) is 10.0 Å². The van der Waals surface area contributed by atoms with Crippen LogP contribution in [0.15, 0.2) is 48.5 Å². The van der Waals surface area contributed by atoms with Crippen LogP contribution in [0.1, 0.15) is 18.9 Å². The van der Waals surface area contributed by atoms with E-state index in [4.69, 9.17) is 27.9 Å². The Balaban J connectivity index is 1.78. The Morgan fingerprint density at radius 3 is 2.50 bits per heavy atom. The fourth-order valence-corrected chi connectivity index (χ4v) is 2.68. The lowest BCUT2D eigenvalue weighted by Crippen LogP contribution is -2.24. The van der Waals surface area contributed by atoms with E-state index in [2.05, 4.69) is 43.1 Å². The summed E-state index contributed by atoms with van der Waals surface area (Å²) in [5.74, 6) is 0.685. The highest BCUT2D eigenvalue weighted by Gasteiger charge is 2.09. The molecule has 0 heterocycles. The van der Waals surface area contributed by atoms with Crippen molar-refractivity contribution in [3.05, 3.63) is 64.1 Å². The number of nitrogens with zero attached hydrogens (tertiary/aromatic N) is 1. The Kier molecular flexibility index (Phi) is 6.56. The molecule has 0 aliphatic heterocycles. The predicted molar refractivity (Wildman–Crippen MR) is 93.9 cm³/mol. The van der Waals surface area contributed by atoms with Crippen molar-refractivity contribution in [2.24, 2.45) is 0 Å². The molecule has 1 unspecified atom stereocenters. The van der Waals surface area contributed by atoms with Crippen molar-refractivity contribution in [2.45, 2.75) is 26.0 Å². The number of hydrogen-bond donors (Lipinski definition) is 0. The van der Waals surface area contributed by atoms with Gasteiger partial charge < -0.3 is 9.64 Å². The van der Waals surface area contributed by atoms with Crippen molar-refractivity contribution in [3.63, 3.8) is 0 Å². The lowest BCUT2D eigenvalue weighted by molar-refractivity contribution is 0.185. The van der Waals surface area contributed by atoms with Gasteiger partial charge in [0.15, 0.2) is 0 Å². The largest absolute Gasteiger partial charge is 0.489 e. The Hall–Kier alpha value is -1.22. The maximum absolute atomic E-state index is 6.12. The molecule has 0 bridgehead atoms. The molecule has 0 saturated carbocycles. The zero-order chi connectivity index (χ0) is 15.9. The highest BCUT2D eigenvalue weighted by Crippen LogP contribution is 2.28. The molecule has 22 heavy (non-hydrogen) atoms. The van der Waals surface area contributed by atoms with Crippen molar-refractivity contribution < 1.29 is 4.74 Å². The molecule has 0 amide bonds. The number of benzene rings is 2. The molecule has 0 N–H and O–H groups in total. The summed E-state index contributed by atoms with van der Waals surface area (Å²) >= 11 is 12.0. The number of hydrogen-bond acceptors (Lipinski definition) is 2. The molecule has 2 rings (SSSR count). The van der Waals surface area contributed by atoms with E-state index in [1.165, 1.54) is 5.56 Å². The highest BCUT2D eigenvalue weighted by molar-refractivity contribution is 6.35. The van der Waals surface area contributed by atoms with Crippen LogP contribution < -0.4 is 4.74 Å². The van der Waals surface area contributed by atoms with Gasteiger partial charge in [-0.25, -0.2) is 0 Å². The van der Waals surface area contributed by atoms with Gasteiger partial charge in [0.25, 0.3) is 0 Å². The second-order valence-electron chi connectivity index (χ2n) is 5.52. The number of rotatable bonds is 7. The van der Waals surface area contributed by atoms with Crippen molar-refractivity contribution >= 4 is 23.2 Å². The smallest absolute Gasteiger partial charge is 0.138 e. The van der Waals surface area contributed by atoms with Crippen LogP contribution in [0.3, 0.4) is 0 Å². The van der Waals surface area contributed by atoms with E-state index in [-0.39, 0.29) is 6.10 Å². The third-order valence-corrected chi connectivity index (χ3v) is 3.97. The molecular weight excluding hydrogens is 317 g/mol. The van der Waals surface area contributed by atoms with Crippen LogP contribution in [0.25, 0.3) is 0 Å². The molecule has 0 radical (unpaired) electrons. The minimum absolute atomic E-state index is 0.0944. The number of halogens is 2. The van der Waals surface area contributed by atoms with Gasteiger partial charge in [0.2, 0.25) is 0 Å². The van der Waals surface area contributed by atoms with Gasteiger partial charge in [-0.1, -0.05) is 53.5 Å². The van der Waals surface area contributed by atoms with Crippen LogP contribution >= 0.6 is 23.2 Å². The molecule has 0 aliphatic carbocycles. The standard InChI is InChI=1S/C18H21Cl2NO/c1-14(22-18-9-8-16(19)12-17(18)20)10-11-21(2)13-15-6-4-3-5-7-15/h3-9,12,14H,10-11,13H2,1-2H3. The summed E-state index contributed by atoms with van der Waals surface area (Å²) in [5, 5.41) is 1.17. The highest BCUT2D eigenvalue weighted by atomic mass is 35.5. The quantitative estimate of drug-likeness (QED) is 0.681. The molecule has 2 nitrogen and oxygen atoms in total. The molecule has 4 heteroatoms. The fraction of sp³-hybridized carbons (Fsp3) is 0.333. The Morgan fingerprint density at radius 1 is 1.09 bits per heavy atom. The molecule has 0 aliphatic rings. The van der Waals surface area contributed by atoms with E-state index in [0.29, 0.717) is 15.8 Å². The molecule has 0 spiro atoms. The van der Waals surface area contributed by atoms with Crippen molar-refractivity contribution in [3.8, 4) is 5.75 Å². The van der Waals surface area contributed by atoms with Gasteiger partial charge in [-0.15, -0.1) is 0 Å². The minimum Gasteiger partial charge on any atom is -0.489 e. The molecule has 118 valence electrons. The molecule has 1 atom stereocenters. The van der Waals surface area contributed by atoms with Gasteiger partial charge in [0.05, 0.1) is 11.1 Å². The van der Waals surface area contributed by atoms with Crippen LogP contribution in [-0.2, 0) is 6.54 Å². The summed E-state index contributed by atoms with van der Waals surface area (Å²) < 4.78 is 5.88. The van der Waals surface area contributed by atoms with Gasteiger partial charge in [-0.3, -0.25) is 0 Å². The number of ether oxygens (including phenoxy) is 1. The summed E-state index contributed by atoms with van der Waals surface area (Å²) in [6.45, 7) is 3.96. The van der Waals surface area contributed by atoms with E-state index < -0.39 is 0 Å². The van der Waals surface area contributed by atoms with Gasteiger partial charge in [0, 0.05) is 18.1 Å². The summed E-state index contributed by atoms with van der Waals surface area (Å²) in [6, 6.07) is 15.8. The van der Waals surface area contributed by atoms with Gasteiger partial charge >= 0.3 is 0 Å². The van der Waals surface area contributed by atoms with Crippen molar-refractivity contribution in [1.29, 1.82) is 0 Å². The molecule has 0 fully saturated rings. The van der Waals surface area contributed by atoms with E-state index >= 15 is 0 Å². The molecule has 2 aromatic rings. The first-order chi connectivity index (χ1) is 10.5. The van der Waals surface area contributed by atoms with E-state index in [9.17, 15) is 0 Å². The third kappa shape index (κ3) is 5.53. The lowest BCUT2D eigenvalue weighted by Gasteiger charge is -2.21. The van der Waals surface area contributed by atoms with Gasteiger partial charge in [-0.05, 0) is 44.2 Å². The second-order valence-corrected chi connectivity index (χ2v) is 6.36. The summed E-state index contributed by atoms with van der Waals surface area (Å²) in [7, 11) is 2.12. The van der Waals surface area contributed by atoms with Crippen LogP contribution in [-0.4, -0.2) is 24.6 Å². The average molecular weight is 338 g/mol. The topological polar surface area (TPSA) is 12.5 Å². The Labute approximate surface area is 142 Å². The van der Waals surface area contributed by atoms with E-state index in [1.807, 2.05) is 12.1 Å². The minimum atomic E-state index is 0.0944. The zero-order valence-electron chi connectivity index (χ0n) is 12.9. The van der Waals surface area contributed by atoms with Gasteiger partial charge in [-0.2, -0.15) is 0 Å². The third-order valence-electron chi connectivity index (χ3n) is 3.43. The summed E-state index contributed by atoms with van der Waals surface area (Å²) in [6.07, 6.45) is 1.03. The van der Waals surface area contributed by atoms with E-state index in [1.54, 1.807) is 12.1 Å². The first-order valence-corrected chi connectivity index (χ1v) is 8.14. The maximum atomic E-state index is 6.12. The molecule has 0 aromatic heterocycles. The van der Waals surface area contributed by atoms with Crippen molar-refractivity contribution in [1.82, 2.24) is 4.90 Å². The Morgan fingerprint density at radius 2 is 1.82 bits per heavy atom. The first-order valence-electron chi connectivity index (χ1n) is 7.39. The molecule has 0 saturated heterocycles. The second kappa shape index (κ2) is 8.42. The molecule has 2 aromatic carbocycles. The summed E-state index contributed by atoms with van der Waals surface area (Å²) in [4.78, 5) is 2.29. The first kappa shape index (κ1) is 17.1. The average Bonchev–Trinajstić information content (AvgIpc) is 2.49. The monoisotopic (exact) mass is 337 g/mol. The fourth-order valence-electron chi connectivity index (χ4n) is 2.22.